The lowest BCUT2D eigenvalue weighted by Gasteiger charge is -2.19. The minimum Gasteiger partial charge on any atom is -0.395 e. The molecule has 18 heavy (non-hydrogen) atoms. The van der Waals surface area contributed by atoms with E-state index < -0.39 is 10.0 Å². The van der Waals surface area contributed by atoms with Crippen LogP contribution >= 0.6 is 0 Å². The molecule has 1 aromatic carbocycles. The van der Waals surface area contributed by atoms with Gasteiger partial charge >= 0.3 is 0 Å². The summed E-state index contributed by atoms with van der Waals surface area (Å²) in [4.78, 5) is 0. The van der Waals surface area contributed by atoms with Gasteiger partial charge in [0, 0.05) is 13.1 Å². The standard InChI is InChI=1S/C12H16N2O3S/c1-2-14(7-8-15)18(16,17)10-12-6-4-3-5-11(12)9-13/h3-6,15H,2,7-8,10H2,1H3. The summed E-state index contributed by atoms with van der Waals surface area (Å²) in [7, 11) is -3.50. The molecule has 0 bridgehead atoms. The van der Waals surface area contributed by atoms with Gasteiger partial charge in [-0.15, -0.1) is 0 Å². The van der Waals surface area contributed by atoms with E-state index in [1.165, 1.54) is 4.31 Å². The molecule has 0 aromatic heterocycles. The Morgan fingerprint density at radius 1 is 1.39 bits per heavy atom. The minimum atomic E-state index is -3.50. The smallest absolute Gasteiger partial charge is 0.218 e. The molecule has 98 valence electrons. The monoisotopic (exact) mass is 268 g/mol. The van der Waals surface area contributed by atoms with Crippen LogP contribution in [-0.4, -0.2) is 37.5 Å². The van der Waals surface area contributed by atoms with Gasteiger partial charge in [0.25, 0.3) is 0 Å². The maximum atomic E-state index is 12.1. The fraction of sp³-hybridized carbons (Fsp3) is 0.417. The first-order valence-corrected chi connectivity index (χ1v) is 7.22. The van der Waals surface area contributed by atoms with E-state index in [1.54, 1.807) is 31.2 Å². The third kappa shape index (κ3) is 3.53. The quantitative estimate of drug-likeness (QED) is 0.823. The number of hydrogen-bond acceptors (Lipinski definition) is 4. The molecular formula is C12H16N2O3S. The zero-order chi connectivity index (χ0) is 13.6. The van der Waals surface area contributed by atoms with E-state index in [-0.39, 0.29) is 18.9 Å². The number of aliphatic hydroxyl groups is 1. The van der Waals surface area contributed by atoms with Gasteiger partial charge in [-0.25, -0.2) is 8.42 Å². The summed E-state index contributed by atoms with van der Waals surface area (Å²) in [5, 5.41) is 17.8. The largest absolute Gasteiger partial charge is 0.395 e. The van der Waals surface area contributed by atoms with Gasteiger partial charge in [-0.3, -0.25) is 0 Å². The van der Waals surface area contributed by atoms with Gasteiger partial charge in [-0.1, -0.05) is 25.1 Å². The highest BCUT2D eigenvalue weighted by Gasteiger charge is 2.21. The van der Waals surface area contributed by atoms with Crippen LogP contribution in [0.1, 0.15) is 18.1 Å². The molecule has 0 aliphatic rings. The number of hydrogen-bond donors (Lipinski definition) is 1. The summed E-state index contributed by atoms with van der Waals surface area (Å²) in [5.74, 6) is -0.218. The van der Waals surface area contributed by atoms with Crippen LogP contribution in [0.25, 0.3) is 0 Å². The van der Waals surface area contributed by atoms with Crippen LogP contribution in [0.2, 0.25) is 0 Å². The molecule has 0 amide bonds. The summed E-state index contributed by atoms with van der Waals surface area (Å²) in [6.07, 6.45) is 0. The molecule has 0 radical (unpaired) electrons. The summed E-state index contributed by atoms with van der Waals surface area (Å²) in [6, 6.07) is 8.59. The van der Waals surface area contributed by atoms with Crippen LogP contribution in [0.3, 0.4) is 0 Å². The van der Waals surface area contributed by atoms with Gasteiger partial charge in [-0.05, 0) is 11.6 Å². The van der Waals surface area contributed by atoms with Gasteiger partial charge in [0.15, 0.2) is 0 Å². The Balaban J connectivity index is 2.99. The average Bonchev–Trinajstić information content (AvgIpc) is 2.35. The number of likely N-dealkylation sites (N-methyl/N-ethyl adjacent to an activating group) is 1. The maximum Gasteiger partial charge on any atom is 0.218 e. The summed E-state index contributed by atoms with van der Waals surface area (Å²) in [5.41, 5.74) is 0.845. The van der Waals surface area contributed by atoms with Crippen molar-refractivity contribution in [3.63, 3.8) is 0 Å². The molecule has 1 aromatic rings. The van der Waals surface area contributed by atoms with E-state index >= 15 is 0 Å². The number of nitriles is 1. The molecule has 6 heteroatoms. The molecule has 0 fully saturated rings. The molecule has 0 aliphatic carbocycles. The maximum absolute atomic E-state index is 12.1. The first-order chi connectivity index (χ1) is 8.55. The molecule has 0 saturated heterocycles. The second-order valence-corrected chi connectivity index (χ2v) is 5.71. The zero-order valence-electron chi connectivity index (χ0n) is 10.2. The fourth-order valence-electron chi connectivity index (χ4n) is 1.65. The molecule has 0 aliphatic heterocycles. The van der Waals surface area contributed by atoms with Crippen LogP contribution in [0, 0.1) is 11.3 Å². The van der Waals surface area contributed by atoms with E-state index in [0.29, 0.717) is 17.7 Å². The Hall–Kier alpha value is -1.42. The molecule has 5 nitrogen and oxygen atoms in total. The van der Waals surface area contributed by atoms with Crippen molar-refractivity contribution < 1.29 is 13.5 Å². The van der Waals surface area contributed by atoms with Crippen molar-refractivity contribution in [1.29, 1.82) is 5.26 Å². The van der Waals surface area contributed by atoms with Crippen LogP contribution in [0.5, 0.6) is 0 Å². The van der Waals surface area contributed by atoms with Crippen molar-refractivity contribution in [1.82, 2.24) is 4.31 Å². The number of sulfonamides is 1. The van der Waals surface area contributed by atoms with Crippen LogP contribution < -0.4 is 0 Å². The lowest BCUT2D eigenvalue weighted by atomic mass is 10.1. The highest BCUT2D eigenvalue weighted by molar-refractivity contribution is 7.88. The first kappa shape index (κ1) is 14.6. The molecule has 0 atom stereocenters. The van der Waals surface area contributed by atoms with Gasteiger partial charge in [-0.2, -0.15) is 9.57 Å². The predicted octanol–water partition coefficient (Wildman–Crippen LogP) is 0.702. The third-order valence-electron chi connectivity index (χ3n) is 2.57. The summed E-state index contributed by atoms with van der Waals surface area (Å²) in [6.45, 7) is 1.88. The lowest BCUT2D eigenvalue weighted by molar-refractivity contribution is 0.257. The fourth-order valence-corrected chi connectivity index (χ4v) is 3.23. The van der Waals surface area contributed by atoms with Crippen molar-refractivity contribution in [2.45, 2.75) is 12.7 Å². The van der Waals surface area contributed by atoms with Gasteiger partial charge in [0.1, 0.15) is 0 Å². The lowest BCUT2D eigenvalue weighted by Crippen LogP contribution is -2.34. The topological polar surface area (TPSA) is 81.4 Å². The molecule has 0 heterocycles. The minimum absolute atomic E-state index is 0.0769. The van der Waals surface area contributed by atoms with Gasteiger partial charge < -0.3 is 5.11 Å². The van der Waals surface area contributed by atoms with Gasteiger partial charge in [0.05, 0.1) is 24.0 Å². The van der Waals surface area contributed by atoms with E-state index in [2.05, 4.69) is 0 Å². The van der Waals surface area contributed by atoms with Crippen LogP contribution in [0.4, 0.5) is 0 Å². The second-order valence-electron chi connectivity index (χ2n) is 3.74. The second kappa shape index (κ2) is 6.50. The predicted molar refractivity (Wildman–Crippen MR) is 68.1 cm³/mol. The summed E-state index contributed by atoms with van der Waals surface area (Å²) >= 11 is 0. The molecule has 1 rings (SSSR count). The highest BCUT2D eigenvalue weighted by atomic mass is 32.2. The Labute approximate surface area is 107 Å². The molecule has 0 saturated carbocycles. The van der Waals surface area contributed by atoms with Crippen LogP contribution in [0.15, 0.2) is 24.3 Å². The average molecular weight is 268 g/mol. The number of nitrogens with zero attached hydrogens (tertiary/aromatic N) is 2. The zero-order valence-corrected chi connectivity index (χ0v) is 11.0. The Bertz CT molecular complexity index is 534. The summed E-state index contributed by atoms with van der Waals surface area (Å²) < 4.78 is 25.4. The highest BCUT2D eigenvalue weighted by Crippen LogP contribution is 2.14. The normalized spacial score (nSPS) is 11.4. The van der Waals surface area contributed by atoms with Crippen molar-refractivity contribution in [2.75, 3.05) is 19.7 Å². The van der Waals surface area contributed by atoms with Crippen molar-refractivity contribution >= 4 is 10.0 Å². The number of rotatable bonds is 6. The molecule has 1 N–H and O–H groups in total. The molecular weight excluding hydrogens is 252 g/mol. The van der Waals surface area contributed by atoms with Crippen molar-refractivity contribution in [2.24, 2.45) is 0 Å². The molecule has 0 spiro atoms. The molecule has 0 unspecified atom stereocenters. The van der Waals surface area contributed by atoms with Crippen molar-refractivity contribution in [3.8, 4) is 6.07 Å². The number of benzene rings is 1. The van der Waals surface area contributed by atoms with E-state index in [1.807, 2.05) is 6.07 Å². The SMILES string of the molecule is CCN(CCO)S(=O)(=O)Cc1ccccc1C#N. The Morgan fingerprint density at radius 2 is 2.06 bits per heavy atom. The Morgan fingerprint density at radius 3 is 2.61 bits per heavy atom. The van der Waals surface area contributed by atoms with Crippen molar-refractivity contribution in [3.05, 3.63) is 35.4 Å². The van der Waals surface area contributed by atoms with E-state index in [4.69, 9.17) is 10.4 Å². The van der Waals surface area contributed by atoms with E-state index in [0.717, 1.165) is 0 Å². The van der Waals surface area contributed by atoms with Gasteiger partial charge in [0.2, 0.25) is 10.0 Å². The first-order valence-electron chi connectivity index (χ1n) is 5.61. The third-order valence-corrected chi connectivity index (χ3v) is 4.47. The Kier molecular flexibility index (Phi) is 5.28. The van der Waals surface area contributed by atoms with E-state index in [9.17, 15) is 8.42 Å². The number of aliphatic hydroxyl groups excluding tert-OH is 1. The van der Waals surface area contributed by atoms with Crippen LogP contribution in [-0.2, 0) is 15.8 Å².